The quantitative estimate of drug-likeness (QED) is 0.777. The largest absolute Gasteiger partial charge is 0.496 e. The normalized spacial score (nSPS) is 15.3. The lowest BCUT2D eigenvalue weighted by molar-refractivity contribution is 0.133. The standard InChI is InChI=1S/C16H26O3Si/c1-16(2,3)20(5,6)19-10-13-8-7-12-9-18-11-14(12)15(13)17-4/h7-8H,9-11H2,1-6H3. The third-order valence-electron chi connectivity index (χ3n) is 4.54. The molecule has 0 bridgehead atoms. The Hall–Kier alpha value is -0.843. The second-order valence-electron chi connectivity index (χ2n) is 6.94. The monoisotopic (exact) mass is 294 g/mol. The predicted molar refractivity (Wildman–Crippen MR) is 83.5 cm³/mol. The van der Waals surface area contributed by atoms with Crippen LogP contribution in [-0.2, 0) is 29.0 Å². The Bertz CT molecular complexity index is 489. The fourth-order valence-electron chi connectivity index (χ4n) is 2.12. The van der Waals surface area contributed by atoms with Crippen molar-refractivity contribution in [2.24, 2.45) is 0 Å². The zero-order chi connectivity index (χ0) is 15.0. The number of ether oxygens (including phenoxy) is 2. The van der Waals surface area contributed by atoms with Crippen LogP contribution in [-0.4, -0.2) is 15.4 Å². The maximum atomic E-state index is 6.30. The molecule has 0 fully saturated rings. The highest BCUT2D eigenvalue weighted by Gasteiger charge is 2.37. The minimum atomic E-state index is -1.74. The van der Waals surface area contributed by atoms with Crippen molar-refractivity contribution in [2.45, 2.75) is 58.7 Å². The molecule has 0 spiro atoms. The molecule has 1 aliphatic rings. The Morgan fingerprint density at radius 3 is 2.50 bits per heavy atom. The number of fused-ring (bicyclic) bond motifs is 1. The zero-order valence-electron chi connectivity index (χ0n) is 13.5. The Balaban J connectivity index is 2.19. The van der Waals surface area contributed by atoms with Crippen LogP contribution in [0.5, 0.6) is 5.75 Å². The van der Waals surface area contributed by atoms with Crippen molar-refractivity contribution in [3.63, 3.8) is 0 Å². The lowest BCUT2D eigenvalue weighted by Gasteiger charge is -2.36. The molecular weight excluding hydrogens is 268 g/mol. The van der Waals surface area contributed by atoms with Crippen LogP contribution in [0.2, 0.25) is 18.1 Å². The van der Waals surface area contributed by atoms with Crippen molar-refractivity contribution in [1.29, 1.82) is 0 Å². The summed E-state index contributed by atoms with van der Waals surface area (Å²) in [5, 5.41) is 0.222. The predicted octanol–water partition coefficient (Wildman–Crippen LogP) is 4.25. The van der Waals surface area contributed by atoms with Gasteiger partial charge in [-0.3, -0.25) is 0 Å². The highest BCUT2D eigenvalue weighted by Crippen LogP contribution is 2.38. The van der Waals surface area contributed by atoms with E-state index in [1.807, 2.05) is 0 Å². The van der Waals surface area contributed by atoms with E-state index in [9.17, 15) is 0 Å². The maximum absolute atomic E-state index is 6.30. The van der Waals surface area contributed by atoms with E-state index < -0.39 is 8.32 Å². The van der Waals surface area contributed by atoms with Gasteiger partial charge in [-0.2, -0.15) is 0 Å². The van der Waals surface area contributed by atoms with Gasteiger partial charge in [0.1, 0.15) is 5.75 Å². The van der Waals surface area contributed by atoms with E-state index in [0.29, 0.717) is 19.8 Å². The number of hydrogen-bond donors (Lipinski definition) is 0. The van der Waals surface area contributed by atoms with Gasteiger partial charge in [-0.05, 0) is 23.7 Å². The summed E-state index contributed by atoms with van der Waals surface area (Å²) in [6.45, 7) is 13.3. The molecule has 2 rings (SSSR count). The van der Waals surface area contributed by atoms with Gasteiger partial charge in [0.05, 0.1) is 26.9 Å². The van der Waals surface area contributed by atoms with Gasteiger partial charge >= 0.3 is 0 Å². The smallest absolute Gasteiger partial charge is 0.192 e. The first-order valence-electron chi connectivity index (χ1n) is 7.15. The van der Waals surface area contributed by atoms with Crippen LogP contribution in [0.25, 0.3) is 0 Å². The topological polar surface area (TPSA) is 27.7 Å². The van der Waals surface area contributed by atoms with Gasteiger partial charge in [0.25, 0.3) is 0 Å². The van der Waals surface area contributed by atoms with Gasteiger partial charge in [0.2, 0.25) is 0 Å². The molecule has 1 aromatic carbocycles. The summed E-state index contributed by atoms with van der Waals surface area (Å²) in [5.41, 5.74) is 3.54. The van der Waals surface area contributed by atoms with E-state index in [2.05, 4.69) is 46.0 Å². The summed E-state index contributed by atoms with van der Waals surface area (Å²) in [7, 11) is -0.00977. The number of methoxy groups -OCH3 is 1. The Labute approximate surface area is 123 Å². The van der Waals surface area contributed by atoms with Gasteiger partial charge in [-0.15, -0.1) is 0 Å². The van der Waals surface area contributed by atoms with Crippen LogP contribution in [0.15, 0.2) is 12.1 Å². The Kier molecular flexibility index (Phi) is 4.28. The van der Waals surface area contributed by atoms with E-state index in [4.69, 9.17) is 13.9 Å². The summed E-state index contributed by atoms with van der Waals surface area (Å²) in [6.07, 6.45) is 0. The van der Waals surface area contributed by atoms with Crippen LogP contribution in [0.4, 0.5) is 0 Å². The molecule has 0 N–H and O–H groups in total. The second kappa shape index (κ2) is 5.51. The summed E-state index contributed by atoms with van der Waals surface area (Å²) >= 11 is 0. The molecule has 112 valence electrons. The molecule has 20 heavy (non-hydrogen) atoms. The lowest BCUT2D eigenvalue weighted by atomic mass is 10.0. The zero-order valence-corrected chi connectivity index (χ0v) is 14.5. The van der Waals surface area contributed by atoms with Crippen LogP contribution in [0, 0.1) is 0 Å². The SMILES string of the molecule is COc1c(CO[Si](C)(C)C(C)(C)C)ccc2c1COC2. The van der Waals surface area contributed by atoms with Crippen molar-refractivity contribution in [3.05, 3.63) is 28.8 Å². The first kappa shape index (κ1) is 15.5. The lowest BCUT2D eigenvalue weighted by Crippen LogP contribution is -2.40. The van der Waals surface area contributed by atoms with Crippen molar-refractivity contribution in [1.82, 2.24) is 0 Å². The van der Waals surface area contributed by atoms with Crippen molar-refractivity contribution in [3.8, 4) is 5.75 Å². The summed E-state index contributed by atoms with van der Waals surface area (Å²) < 4.78 is 17.4. The highest BCUT2D eigenvalue weighted by molar-refractivity contribution is 6.74. The van der Waals surface area contributed by atoms with Crippen LogP contribution in [0.1, 0.15) is 37.5 Å². The molecule has 0 aromatic heterocycles. The average molecular weight is 294 g/mol. The molecule has 0 unspecified atom stereocenters. The molecule has 1 aromatic rings. The fraction of sp³-hybridized carbons (Fsp3) is 0.625. The number of hydrogen-bond acceptors (Lipinski definition) is 3. The third-order valence-corrected chi connectivity index (χ3v) is 9.02. The first-order valence-corrected chi connectivity index (χ1v) is 10.1. The molecule has 4 heteroatoms. The highest BCUT2D eigenvalue weighted by atomic mass is 28.4. The van der Waals surface area contributed by atoms with E-state index >= 15 is 0 Å². The molecule has 0 saturated carbocycles. The van der Waals surface area contributed by atoms with Gasteiger partial charge < -0.3 is 13.9 Å². The summed E-state index contributed by atoms with van der Waals surface area (Å²) in [6, 6.07) is 4.24. The van der Waals surface area contributed by atoms with Crippen molar-refractivity contribution < 1.29 is 13.9 Å². The molecule has 0 saturated heterocycles. The van der Waals surface area contributed by atoms with E-state index in [1.54, 1.807) is 7.11 Å². The van der Waals surface area contributed by atoms with Gasteiger partial charge in [0, 0.05) is 11.1 Å². The van der Waals surface area contributed by atoms with Crippen LogP contribution < -0.4 is 4.74 Å². The average Bonchev–Trinajstić information content (AvgIpc) is 2.82. The third kappa shape index (κ3) is 2.92. The summed E-state index contributed by atoms with van der Waals surface area (Å²) in [4.78, 5) is 0. The second-order valence-corrected chi connectivity index (χ2v) is 11.7. The van der Waals surface area contributed by atoms with Crippen LogP contribution in [0.3, 0.4) is 0 Å². The molecule has 0 atom stereocenters. The molecule has 0 amide bonds. The molecule has 0 aliphatic carbocycles. The van der Waals surface area contributed by atoms with Gasteiger partial charge in [-0.25, -0.2) is 0 Å². The first-order chi connectivity index (χ1) is 9.26. The van der Waals surface area contributed by atoms with Crippen molar-refractivity contribution >= 4 is 8.32 Å². The minimum absolute atomic E-state index is 0.222. The van der Waals surface area contributed by atoms with E-state index in [-0.39, 0.29) is 5.04 Å². The Morgan fingerprint density at radius 1 is 1.20 bits per heavy atom. The Morgan fingerprint density at radius 2 is 1.90 bits per heavy atom. The molecule has 0 radical (unpaired) electrons. The van der Waals surface area contributed by atoms with Gasteiger partial charge in [0.15, 0.2) is 8.32 Å². The minimum Gasteiger partial charge on any atom is -0.496 e. The fourth-order valence-corrected chi connectivity index (χ4v) is 3.07. The number of benzene rings is 1. The van der Waals surface area contributed by atoms with E-state index in [0.717, 1.165) is 11.3 Å². The summed E-state index contributed by atoms with van der Waals surface area (Å²) in [5.74, 6) is 0.943. The maximum Gasteiger partial charge on any atom is 0.192 e. The molecular formula is C16H26O3Si. The molecule has 1 aliphatic heterocycles. The number of rotatable bonds is 4. The van der Waals surface area contributed by atoms with Gasteiger partial charge in [-0.1, -0.05) is 32.9 Å². The van der Waals surface area contributed by atoms with Crippen LogP contribution >= 0.6 is 0 Å². The molecule has 3 nitrogen and oxygen atoms in total. The van der Waals surface area contributed by atoms with E-state index in [1.165, 1.54) is 11.1 Å². The molecule has 1 heterocycles. The van der Waals surface area contributed by atoms with Crippen molar-refractivity contribution in [2.75, 3.05) is 7.11 Å².